The number of aromatic hydroxyl groups is 1. The Bertz CT molecular complexity index is 1430. The zero-order valence-electron chi connectivity index (χ0n) is 18.9. The molecule has 174 valence electrons. The van der Waals surface area contributed by atoms with Crippen LogP contribution in [0.3, 0.4) is 0 Å². The van der Waals surface area contributed by atoms with E-state index in [-0.39, 0.29) is 15.5 Å². The van der Waals surface area contributed by atoms with Crippen LogP contribution in [0, 0.1) is 0 Å². The van der Waals surface area contributed by atoms with Crippen LogP contribution >= 0.6 is 0 Å². The van der Waals surface area contributed by atoms with Crippen molar-refractivity contribution in [3.8, 4) is 17.2 Å². The summed E-state index contributed by atoms with van der Waals surface area (Å²) in [7, 11) is -3.60. The van der Waals surface area contributed by atoms with Gasteiger partial charge in [-0.05, 0) is 71.8 Å². The number of nitrogen functional groups attached to an aromatic ring is 2. The number of hydrogen-bond donors (Lipinski definition) is 3. The van der Waals surface area contributed by atoms with Crippen LogP contribution < -0.4 is 16.2 Å². The van der Waals surface area contributed by atoms with E-state index in [0.717, 1.165) is 11.1 Å². The second-order valence-corrected chi connectivity index (χ2v) is 10.5. The standard InChI is InChI=1S/C27H26N2O4S/c1-27(2,18-8-14-25(30)23(28)16-18)19-9-15-26(24(29)17-19)33-20-10-12-22(13-11-20)34(31,32)21-6-4-3-5-7-21/h3-17,30H,28-29H2,1-2H3. The van der Waals surface area contributed by atoms with Crippen molar-refractivity contribution in [1.29, 1.82) is 0 Å². The van der Waals surface area contributed by atoms with Gasteiger partial charge in [-0.3, -0.25) is 0 Å². The number of benzene rings is 4. The van der Waals surface area contributed by atoms with Gasteiger partial charge in [0.25, 0.3) is 0 Å². The minimum Gasteiger partial charge on any atom is -0.506 e. The van der Waals surface area contributed by atoms with Gasteiger partial charge in [0, 0.05) is 5.41 Å². The molecule has 6 nitrogen and oxygen atoms in total. The second kappa shape index (κ2) is 8.76. The van der Waals surface area contributed by atoms with Gasteiger partial charge >= 0.3 is 0 Å². The van der Waals surface area contributed by atoms with E-state index in [9.17, 15) is 13.5 Å². The molecule has 0 aliphatic rings. The average Bonchev–Trinajstić information content (AvgIpc) is 2.83. The van der Waals surface area contributed by atoms with E-state index >= 15 is 0 Å². The lowest BCUT2D eigenvalue weighted by Crippen LogP contribution is -2.19. The number of nitrogens with two attached hydrogens (primary N) is 2. The summed E-state index contributed by atoms with van der Waals surface area (Å²) in [6.07, 6.45) is 0. The minimum atomic E-state index is -3.60. The zero-order valence-corrected chi connectivity index (χ0v) is 19.7. The molecule has 0 unspecified atom stereocenters. The molecule has 0 heterocycles. The molecule has 0 atom stereocenters. The maximum Gasteiger partial charge on any atom is 0.206 e. The van der Waals surface area contributed by atoms with Crippen LogP contribution in [0.5, 0.6) is 17.2 Å². The molecular formula is C27H26N2O4S. The summed E-state index contributed by atoms with van der Waals surface area (Å²) in [4.78, 5) is 0.422. The molecule has 0 fully saturated rings. The van der Waals surface area contributed by atoms with Crippen LogP contribution in [0.1, 0.15) is 25.0 Å². The molecule has 0 saturated heterocycles. The van der Waals surface area contributed by atoms with Gasteiger partial charge in [-0.15, -0.1) is 0 Å². The first-order valence-corrected chi connectivity index (χ1v) is 12.1. The Labute approximate surface area is 199 Å². The van der Waals surface area contributed by atoms with Gasteiger partial charge in [0.2, 0.25) is 9.84 Å². The van der Waals surface area contributed by atoms with E-state index in [0.29, 0.717) is 22.9 Å². The molecule has 7 heteroatoms. The smallest absolute Gasteiger partial charge is 0.206 e. The Kier molecular flexibility index (Phi) is 5.98. The molecule has 0 radical (unpaired) electrons. The van der Waals surface area contributed by atoms with Crippen molar-refractivity contribution in [2.45, 2.75) is 29.1 Å². The third-order valence-electron chi connectivity index (χ3n) is 5.90. The summed E-state index contributed by atoms with van der Waals surface area (Å²) in [6, 6.07) is 25.2. The average molecular weight is 475 g/mol. The Morgan fingerprint density at radius 2 is 1.29 bits per heavy atom. The van der Waals surface area contributed by atoms with Crippen molar-refractivity contribution in [2.24, 2.45) is 0 Å². The van der Waals surface area contributed by atoms with Crippen molar-refractivity contribution in [3.63, 3.8) is 0 Å². The lowest BCUT2D eigenvalue weighted by Gasteiger charge is -2.27. The number of hydrogen-bond acceptors (Lipinski definition) is 6. The molecule has 0 aliphatic heterocycles. The fraction of sp³-hybridized carbons (Fsp3) is 0.111. The maximum atomic E-state index is 12.8. The van der Waals surface area contributed by atoms with E-state index < -0.39 is 15.3 Å². The van der Waals surface area contributed by atoms with Crippen molar-refractivity contribution < 1.29 is 18.3 Å². The monoisotopic (exact) mass is 474 g/mol. The zero-order chi connectivity index (χ0) is 24.5. The van der Waals surface area contributed by atoms with Crippen LogP contribution in [0.4, 0.5) is 11.4 Å². The highest BCUT2D eigenvalue weighted by Crippen LogP contribution is 2.38. The third kappa shape index (κ3) is 4.43. The number of anilines is 2. The fourth-order valence-corrected chi connectivity index (χ4v) is 4.97. The Balaban J connectivity index is 1.56. The highest BCUT2D eigenvalue weighted by Gasteiger charge is 2.25. The van der Waals surface area contributed by atoms with E-state index in [1.807, 2.05) is 32.0 Å². The first-order valence-electron chi connectivity index (χ1n) is 10.7. The number of rotatable bonds is 6. The highest BCUT2D eigenvalue weighted by atomic mass is 32.2. The van der Waals surface area contributed by atoms with Gasteiger partial charge in [-0.2, -0.15) is 0 Å². The van der Waals surface area contributed by atoms with E-state index in [2.05, 4.69) is 0 Å². The van der Waals surface area contributed by atoms with Gasteiger partial charge in [-0.25, -0.2) is 8.42 Å². The molecule has 0 saturated carbocycles. The lowest BCUT2D eigenvalue weighted by molar-refractivity contribution is 0.477. The molecule has 0 bridgehead atoms. The summed E-state index contributed by atoms with van der Waals surface area (Å²) in [5.41, 5.74) is 14.4. The predicted molar refractivity (Wildman–Crippen MR) is 134 cm³/mol. The van der Waals surface area contributed by atoms with Crippen LogP contribution in [-0.4, -0.2) is 13.5 Å². The van der Waals surface area contributed by atoms with Gasteiger partial charge in [-0.1, -0.05) is 44.2 Å². The summed E-state index contributed by atoms with van der Waals surface area (Å²) >= 11 is 0. The minimum absolute atomic E-state index is 0.0467. The van der Waals surface area contributed by atoms with Crippen molar-refractivity contribution >= 4 is 21.2 Å². The Hall–Kier alpha value is -3.97. The van der Waals surface area contributed by atoms with Gasteiger partial charge in [0.1, 0.15) is 17.2 Å². The molecule has 4 aromatic carbocycles. The van der Waals surface area contributed by atoms with Crippen LogP contribution in [-0.2, 0) is 15.3 Å². The summed E-state index contributed by atoms with van der Waals surface area (Å²) in [6.45, 7) is 4.08. The first-order chi connectivity index (χ1) is 16.1. The summed E-state index contributed by atoms with van der Waals surface area (Å²) in [5, 5.41) is 9.73. The highest BCUT2D eigenvalue weighted by molar-refractivity contribution is 7.91. The van der Waals surface area contributed by atoms with Crippen LogP contribution in [0.15, 0.2) is 101 Å². The topological polar surface area (TPSA) is 116 Å². The van der Waals surface area contributed by atoms with Crippen LogP contribution in [0.25, 0.3) is 0 Å². The number of phenols is 1. The first kappa shape index (κ1) is 23.2. The van der Waals surface area contributed by atoms with E-state index in [1.165, 1.54) is 12.1 Å². The summed E-state index contributed by atoms with van der Waals surface area (Å²) < 4.78 is 31.4. The van der Waals surface area contributed by atoms with Crippen molar-refractivity contribution in [1.82, 2.24) is 0 Å². The predicted octanol–water partition coefficient (Wildman–Crippen LogP) is 5.51. The van der Waals surface area contributed by atoms with E-state index in [1.54, 1.807) is 60.7 Å². The number of sulfone groups is 1. The van der Waals surface area contributed by atoms with Gasteiger partial charge < -0.3 is 21.3 Å². The second-order valence-electron chi connectivity index (χ2n) is 8.54. The van der Waals surface area contributed by atoms with Crippen molar-refractivity contribution in [3.05, 3.63) is 102 Å². The van der Waals surface area contributed by atoms with Crippen LogP contribution in [0.2, 0.25) is 0 Å². The molecule has 0 spiro atoms. The molecule has 0 aliphatic carbocycles. The lowest BCUT2D eigenvalue weighted by atomic mass is 9.78. The molecule has 0 aromatic heterocycles. The van der Waals surface area contributed by atoms with Crippen molar-refractivity contribution in [2.75, 3.05) is 11.5 Å². The molecule has 34 heavy (non-hydrogen) atoms. The normalized spacial score (nSPS) is 11.8. The SMILES string of the molecule is CC(C)(c1ccc(O)c(N)c1)c1ccc(Oc2ccc(S(=O)(=O)c3ccccc3)cc2)c(N)c1. The Morgan fingerprint density at radius 3 is 1.88 bits per heavy atom. The fourth-order valence-electron chi connectivity index (χ4n) is 3.69. The number of phenolic OH excluding ortho intramolecular Hbond substituents is 1. The molecule has 4 aromatic rings. The van der Waals surface area contributed by atoms with Gasteiger partial charge in [0.15, 0.2) is 0 Å². The largest absolute Gasteiger partial charge is 0.506 e. The van der Waals surface area contributed by atoms with Gasteiger partial charge in [0.05, 0.1) is 21.2 Å². The third-order valence-corrected chi connectivity index (χ3v) is 7.68. The molecule has 5 N–H and O–H groups in total. The molecular weight excluding hydrogens is 448 g/mol. The summed E-state index contributed by atoms with van der Waals surface area (Å²) in [5.74, 6) is 0.978. The molecule has 4 rings (SSSR count). The quantitative estimate of drug-likeness (QED) is 0.251. The maximum absolute atomic E-state index is 12.8. The Morgan fingerprint density at radius 1 is 0.735 bits per heavy atom. The number of ether oxygens (including phenoxy) is 1. The van der Waals surface area contributed by atoms with E-state index in [4.69, 9.17) is 16.2 Å². The molecule has 0 amide bonds.